The molecular weight excluding hydrogens is 250 g/mol. The molecule has 0 saturated carbocycles. The summed E-state index contributed by atoms with van der Waals surface area (Å²) in [5, 5.41) is 5.19. The highest BCUT2D eigenvalue weighted by atomic mass is 16.3. The fraction of sp³-hybridized carbons (Fsp3) is 0. The molecule has 0 unspecified atom stereocenters. The Kier molecular flexibility index (Phi) is 3.55. The Hall–Kier alpha value is -2.88. The predicted octanol–water partition coefficient (Wildman–Crippen LogP) is 3.94. The van der Waals surface area contributed by atoms with E-state index in [0.29, 0.717) is 5.82 Å². The highest BCUT2D eigenvalue weighted by molar-refractivity contribution is 5.81. The zero-order valence-corrected chi connectivity index (χ0v) is 10.7. The van der Waals surface area contributed by atoms with Gasteiger partial charge in [0.2, 0.25) is 0 Å². The summed E-state index contributed by atoms with van der Waals surface area (Å²) in [5.74, 6) is 1.51. The van der Waals surface area contributed by atoms with Gasteiger partial charge in [0.15, 0.2) is 0 Å². The van der Waals surface area contributed by atoms with E-state index in [0.717, 1.165) is 16.7 Å². The van der Waals surface area contributed by atoms with E-state index < -0.39 is 0 Å². The minimum atomic E-state index is 0.714. The number of nitrogens with zero attached hydrogens (tertiary/aromatic N) is 2. The fourth-order valence-corrected chi connectivity index (χ4v) is 1.80. The van der Waals surface area contributed by atoms with Crippen molar-refractivity contribution in [1.29, 1.82) is 0 Å². The Balaban J connectivity index is 1.64. The first-order chi connectivity index (χ1) is 9.92. The van der Waals surface area contributed by atoms with Gasteiger partial charge in [0.25, 0.3) is 0 Å². The Morgan fingerprint density at radius 1 is 1.05 bits per heavy atom. The number of furan rings is 1. The van der Waals surface area contributed by atoms with E-state index in [1.165, 1.54) is 0 Å². The molecule has 2 heterocycles. The Morgan fingerprint density at radius 2 is 2.00 bits per heavy atom. The van der Waals surface area contributed by atoms with Gasteiger partial charge in [0.05, 0.1) is 11.8 Å². The fourth-order valence-electron chi connectivity index (χ4n) is 1.80. The van der Waals surface area contributed by atoms with Crippen LogP contribution in [-0.4, -0.2) is 11.2 Å². The molecule has 0 radical (unpaired) electrons. The van der Waals surface area contributed by atoms with E-state index in [4.69, 9.17) is 4.42 Å². The van der Waals surface area contributed by atoms with Gasteiger partial charge in [0.1, 0.15) is 11.6 Å². The molecule has 98 valence electrons. The van der Waals surface area contributed by atoms with Gasteiger partial charge in [0, 0.05) is 11.6 Å². The maximum atomic E-state index is 5.17. The average Bonchev–Trinajstić information content (AvgIpc) is 3.00. The molecule has 1 aromatic carbocycles. The number of nitrogens with one attached hydrogen (secondary N) is 1. The van der Waals surface area contributed by atoms with Crippen LogP contribution in [0.3, 0.4) is 0 Å². The molecule has 0 aliphatic rings. The topological polar surface area (TPSA) is 50.4 Å². The average molecular weight is 263 g/mol. The predicted molar refractivity (Wildman–Crippen MR) is 81.6 cm³/mol. The summed E-state index contributed by atoms with van der Waals surface area (Å²) in [4.78, 5) is 4.46. The Morgan fingerprint density at radius 3 is 2.90 bits per heavy atom. The molecule has 0 aliphatic heterocycles. The lowest BCUT2D eigenvalue weighted by Gasteiger charge is -2.00. The molecule has 0 aliphatic carbocycles. The second-order valence-corrected chi connectivity index (χ2v) is 4.15. The molecular formula is C16H13N3O. The smallest absolute Gasteiger partial charge is 0.146 e. The number of pyridine rings is 1. The van der Waals surface area contributed by atoms with Crippen molar-refractivity contribution >= 4 is 29.0 Å². The van der Waals surface area contributed by atoms with Crippen molar-refractivity contribution in [3.8, 4) is 0 Å². The lowest BCUT2D eigenvalue weighted by molar-refractivity contribution is 0.557. The van der Waals surface area contributed by atoms with Crippen molar-refractivity contribution in [2.45, 2.75) is 0 Å². The molecule has 0 fully saturated rings. The van der Waals surface area contributed by atoms with E-state index >= 15 is 0 Å². The van der Waals surface area contributed by atoms with Crippen LogP contribution in [0, 0.1) is 0 Å². The van der Waals surface area contributed by atoms with Gasteiger partial charge >= 0.3 is 0 Å². The molecule has 0 saturated heterocycles. The number of fused-ring (bicyclic) bond motifs is 1. The Labute approximate surface area is 116 Å². The van der Waals surface area contributed by atoms with E-state index in [2.05, 4.69) is 15.5 Å². The molecule has 4 heteroatoms. The molecule has 3 aromatic rings. The standard InChI is InChI=1S/C16H13N3O/c1-2-8-15-13(5-1)9-10-16(18-15)19-17-11-3-6-14-7-4-12-20-14/h1-12H,(H,18,19)/b6-3+,17-11+. The number of allylic oxidation sites excluding steroid dienone is 1. The molecule has 0 atom stereocenters. The highest BCUT2D eigenvalue weighted by Crippen LogP contribution is 2.14. The van der Waals surface area contributed by atoms with E-state index in [1.54, 1.807) is 18.6 Å². The summed E-state index contributed by atoms with van der Waals surface area (Å²) < 4.78 is 5.17. The van der Waals surface area contributed by atoms with Crippen molar-refractivity contribution in [2.75, 3.05) is 5.43 Å². The molecule has 0 spiro atoms. The number of para-hydroxylation sites is 1. The third-order valence-electron chi connectivity index (χ3n) is 2.74. The third kappa shape index (κ3) is 2.92. The number of anilines is 1. The molecule has 2 aromatic heterocycles. The summed E-state index contributed by atoms with van der Waals surface area (Å²) in [5.41, 5.74) is 3.84. The van der Waals surface area contributed by atoms with Gasteiger partial charge in [-0.3, -0.25) is 5.43 Å². The normalized spacial score (nSPS) is 11.6. The SMILES string of the molecule is C(=C\c1ccco1)/C=N/Nc1ccc2ccccc2n1. The van der Waals surface area contributed by atoms with Gasteiger partial charge in [-0.25, -0.2) is 4.98 Å². The number of rotatable bonds is 4. The van der Waals surface area contributed by atoms with Crippen LogP contribution in [0.25, 0.3) is 17.0 Å². The third-order valence-corrected chi connectivity index (χ3v) is 2.74. The number of benzene rings is 1. The molecule has 0 amide bonds. The van der Waals surface area contributed by atoms with Gasteiger partial charge in [-0.05, 0) is 42.5 Å². The van der Waals surface area contributed by atoms with Crippen LogP contribution < -0.4 is 5.43 Å². The maximum absolute atomic E-state index is 5.17. The highest BCUT2D eigenvalue weighted by Gasteiger charge is 1.95. The first-order valence-electron chi connectivity index (χ1n) is 6.27. The van der Waals surface area contributed by atoms with Crippen LogP contribution in [-0.2, 0) is 0 Å². The molecule has 20 heavy (non-hydrogen) atoms. The molecule has 3 rings (SSSR count). The van der Waals surface area contributed by atoms with Crippen LogP contribution in [0.4, 0.5) is 5.82 Å². The van der Waals surface area contributed by atoms with Crippen LogP contribution >= 0.6 is 0 Å². The lowest BCUT2D eigenvalue weighted by atomic mass is 10.2. The summed E-state index contributed by atoms with van der Waals surface area (Å²) in [6.07, 6.45) is 6.92. The zero-order valence-electron chi connectivity index (χ0n) is 10.7. The summed E-state index contributed by atoms with van der Waals surface area (Å²) in [6.45, 7) is 0. The largest absolute Gasteiger partial charge is 0.465 e. The number of aromatic nitrogens is 1. The Bertz CT molecular complexity index is 745. The van der Waals surface area contributed by atoms with Crippen molar-refractivity contribution in [2.24, 2.45) is 5.10 Å². The molecule has 4 nitrogen and oxygen atoms in total. The lowest BCUT2D eigenvalue weighted by Crippen LogP contribution is -1.92. The molecule has 1 N–H and O–H groups in total. The van der Waals surface area contributed by atoms with Crippen molar-refractivity contribution in [3.05, 3.63) is 66.6 Å². The van der Waals surface area contributed by atoms with Crippen molar-refractivity contribution in [3.63, 3.8) is 0 Å². The van der Waals surface area contributed by atoms with Gasteiger partial charge in [-0.1, -0.05) is 18.2 Å². The number of hydrogen-bond acceptors (Lipinski definition) is 4. The van der Waals surface area contributed by atoms with E-state index in [-0.39, 0.29) is 0 Å². The first-order valence-corrected chi connectivity index (χ1v) is 6.27. The summed E-state index contributed by atoms with van der Waals surface area (Å²) in [6, 6.07) is 15.6. The van der Waals surface area contributed by atoms with Crippen LogP contribution in [0.2, 0.25) is 0 Å². The number of hydrazone groups is 1. The minimum absolute atomic E-state index is 0.714. The second-order valence-electron chi connectivity index (χ2n) is 4.15. The van der Waals surface area contributed by atoms with E-state index in [1.807, 2.05) is 54.6 Å². The number of hydrogen-bond donors (Lipinski definition) is 1. The second kappa shape index (κ2) is 5.84. The van der Waals surface area contributed by atoms with Crippen LogP contribution in [0.5, 0.6) is 0 Å². The molecule has 0 bridgehead atoms. The van der Waals surface area contributed by atoms with Crippen LogP contribution in [0.15, 0.2) is 70.4 Å². The summed E-state index contributed by atoms with van der Waals surface area (Å²) in [7, 11) is 0. The monoisotopic (exact) mass is 263 g/mol. The van der Waals surface area contributed by atoms with Gasteiger partial charge < -0.3 is 4.42 Å². The van der Waals surface area contributed by atoms with Gasteiger partial charge in [-0.2, -0.15) is 5.10 Å². The van der Waals surface area contributed by atoms with E-state index in [9.17, 15) is 0 Å². The van der Waals surface area contributed by atoms with Crippen molar-refractivity contribution in [1.82, 2.24) is 4.98 Å². The summed E-state index contributed by atoms with van der Waals surface area (Å²) >= 11 is 0. The van der Waals surface area contributed by atoms with Crippen molar-refractivity contribution < 1.29 is 4.42 Å². The van der Waals surface area contributed by atoms with Crippen LogP contribution in [0.1, 0.15) is 5.76 Å². The maximum Gasteiger partial charge on any atom is 0.146 e. The van der Waals surface area contributed by atoms with Gasteiger partial charge in [-0.15, -0.1) is 0 Å². The quantitative estimate of drug-likeness (QED) is 0.573. The zero-order chi connectivity index (χ0) is 13.6. The first kappa shape index (κ1) is 12.2. The minimum Gasteiger partial charge on any atom is -0.465 e.